The first kappa shape index (κ1) is 21.6. The van der Waals surface area contributed by atoms with Crippen LogP contribution in [-0.4, -0.2) is 65.8 Å². The first-order chi connectivity index (χ1) is 15.1. The molecule has 0 aromatic heterocycles. The maximum absolute atomic E-state index is 13.4. The summed E-state index contributed by atoms with van der Waals surface area (Å²) >= 11 is 0. The zero-order valence-electron chi connectivity index (χ0n) is 18.7. The molecule has 2 aromatic carbocycles. The Kier molecular flexibility index (Phi) is 6.71. The van der Waals surface area contributed by atoms with Crippen molar-refractivity contribution in [1.29, 1.82) is 0 Å². The number of rotatable bonds is 7. The highest BCUT2D eigenvalue weighted by Crippen LogP contribution is 2.33. The molecule has 0 aliphatic carbocycles. The largest absolute Gasteiger partial charge is 0.339 e. The number of benzene rings is 2. The number of hydrogen-bond donors (Lipinski definition) is 0. The molecule has 2 aliphatic rings. The molecule has 0 N–H and O–H groups in total. The Morgan fingerprint density at radius 3 is 2.32 bits per heavy atom. The van der Waals surface area contributed by atoms with Crippen molar-refractivity contribution in [2.75, 3.05) is 39.3 Å². The number of carbonyl (C=O) groups excluding carboxylic acids is 2. The summed E-state index contributed by atoms with van der Waals surface area (Å²) in [5, 5.41) is 0. The summed E-state index contributed by atoms with van der Waals surface area (Å²) in [7, 11) is 0. The maximum atomic E-state index is 13.4. The Morgan fingerprint density at radius 1 is 0.968 bits per heavy atom. The van der Waals surface area contributed by atoms with Gasteiger partial charge in [0.05, 0.1) is 6.04 Å². The van der Waals surface area contributed by atoms with Gasteiger partial charge in [0.1, 0.15) is 0 Å². The minimum atomic E-state index is 0.00242. The van der Waals surface area contributed by atoms with Gasteiger partial charge in [-0.25, -0.2) is 0 Å². The zero-order chi connectivity index (χ0) is 21.8. The van der Waals surface area contributed by atoms with Gasteiger partial charge in [-0.3, -0.25) is 9.59 Å². The molecule has 2 aliphatic heterocycles. The predicted molar refractivity (Wildman–Crippen MR) is 123 cm³/mol. The lowest BCUT2D eigenvalue weighted by molar-refractivity contribution is 0.0625. The lowest BCUT2D eigenvalue weighted by atomic mass is 9.89. The van der Waals surface area contributed by atoms with E-state index in [2.05, 4.69) is 11.0 Å². The number of hydrogen-bond acceptors (Lipinski definition) is 3. The molecule has 164 valence electrons. The highest BCUT2D eigenvalue weighted by Gasteiger charge is 2.33. The van der Waals surface area contributed by atoms with E-state index in [0.29, 0.717) is 18.7 Å². The molecule has 1 atom stereocenters. The van der Waals surface area contributed by atoms with Crippen molar-refractivity contribution < 1.29 is 9.59 Å². The van der Waals surface area contributed by atoms with E-state index in [1.165, 1.54) is 12.8 Å². The van der Waals surface area contributed by atoms with Crippen LogP contribution in [0.25, 0.3) is 0 Å². The van der Waals surface area contributed by atoms with Crippen LogP contribution in [0.4, 0.5) is 0 Å². The van der Waals surface area contributed by atoms with Crippen LogP contribution in [0.3, 0.4) is 0 Å². The predicted octanol–water partition coefficient (Wildman–Crippen LogP) is 4.00. The van der Waals surface area contributed by atoms with Gasteiger partial charge < -0.3 is 14.7 Å². The van der Waals surface area contributed by atoms with E-state index < -0.39 is 0 Å². The van der Waals surface area contributed by atoms with Crippen LogP contribution in [0.15, 0.2) is 48.5 Å². The molecular formula is C26H33N3O2. The van der Waals surface area contributed by atoms with E-state index in [-0.39, 0.29) is 17.9 Å². The summed E-state index contributed by atoms with van der Waals surface area (Å²) in [5.74, 6) is 0.182. The minimum Gasteiger partial charge on any atom is -0.339 e. The Bertz CT molecular complexity index is 915. The molecule has 31 heavy (non-hydrogen) atoms. The van der Waals surface area contributed by atoms with Gasteiger partial charge in [0.2, 0.25) is 0 Å². The summed E-state index contributed by atoms with van der Waals surface area (Å²) in [6.07, 6.45) is 3.32. The molecule has 0 spiro atoms. The number of fused-ring (bicyclic) bond motifs is 1. The third-order valence-electron chi connectivity index (χ3n) is 6.75. The van der Waals surface area contributed by atoms with Crippen LogP contribution in [0, 0.1) is 0 Å². The van der Waals surface area contributed by atoms with Crippen LogP contribution in [0.1, 0.15) is 64.6 Å². The topological polar surface area (TPSA) is 43.9 Å². The van der Waals surface area contributed by atoms with Crippen molar-refractivity contribution >= 4 is 11.8 Å². The van der Waals surface area contributed by atoms with Gasteiger partial charge in [0.25, 0.3) is 11.8 Å². The molecule has 1 saturated heterocycles. The Labute approximate surface area is 185 Å². The number of nitrogens with zero attached hydrogens (tertiary/aromatic N) is 3. The quantitative estimate of drug-likeness (QED) is 0.681. The molecule has 2 aromatic rings. The second kappa shape index (κ2) is 9.65. The van der Waals surface area contributed by atoms with Crippen molar-refractivity contribution in [3.05, 3.63) is 70.8 Å². The van der Waals surface area contributed by atoms with Crippen molar-refractivity contribution in [3.8, 4) is 0 Å². The van der Waals surface area contributed by atoms with Gasteiger partial charge in [-0.05, 0) is 75.5 Å². The van der Waals surface area contributed by atoms with E-state index in [1.807, 2.05) is 66.1 Å². The third-order valence-corrected chi connectivity index (χ3v) is 6.75. The van der Waals surface area contributed by atoms with Crippen LogP contribution >= 0.6 is 0 Å². The molecule has 5 heteroatoms. The maximum Gasteiger partial charge on any atom is 0.254 e. The highest BCUT2D eigenvalue weighted by molar-refractivity contribution is 5.97. The molecule has 1 unspecified atom stereocenters. The summed E-state index contributed by atoms with van der Waals surface area (Å²) < 4.78 is 0. The summed E-state index contributed by atoms with van der Waals surface area (Å²) in [6, 6.07) is 15.9. The lowest BCUT2D eigenvalue weighted by Crippen LogP contribution is -2.44. The number of amides is 2. The summed E-state index contributed by atoms with van der Waals surface area (Å²) in [4.78, 5) is 32.4. The van der Waals surface area contributed by atoms with Gasteiger partial charge in [0.15, 0.2) is 0 Å². The average molecular weight is 420 g/mol. The Hall–Kier alpha value is -2.66. The standard InChI is InChI=1S/C26H33N3O2/c1-3-28(4-2)25(30)21-13-11-20(12-14-21)24-19-22-9-5-6-10-23(22)26(31)29(24)18-17-27-15-7-8-16-27/h5-6,9-14,24H,3-4,7-8,15-19H2,1-2H3. The third kappa shape index (κ3) is 4.52. The van der Waals surface area contributed by atoms with E-state index in [1.54, 1.807) is 0 Å². The molecular weight excluding hydrogens is 386 g/mol. The van der Waals surface area contributed by atoms with Gasteiger partial charge in [-0.1, -0.05) is 30.3 Å². The van der Waals surface area contributed by atoms with Gasteiger partial charge in [0, 0.05) is 37.3 Å². The second-order valence-electron chi connectivity index (χ2n) is 8.52. The van der Waals surface area contributed by atoms with Gasteiger partial charge >= 0.3 is 0 Å². The molecule has 0 radical (unpaired) electrons. The summed E-state index contributed by atoms with van der Waals surface area (Å²) in [6.45, 7) is 9.32. The Morgan fingerprint density at radius 2 is 1.65 bits per heavy atom. The van der Waals surface area contributed by atoms with E-state index in [4.69, 9.17) is 0 Å². The van der Waals surface area contributed by atoms with Crippen LogP contribution < -0.4 is 0 Å². The smallest absolute Gasteiger partial charge is 0.254 e. The molecule has 1 fully saturated rings. The SMILES string of the molecule is CCN(CC)C(=O)c1ccc(C2Cc3ccccc3C(=O)N2CCN2CCCC2)cc1. The van der Waals surface area contributed by atoms with E-state index in [9.17, 15) is 9.59 Å². The van der Waals surface area contributed by atoms with Crippen molar-refractivity contribution in [3.63, 3.8) is 0 Å². The molecule has 0 bridgehead atoms. The molecule has 4 rings (SSSR count). The molecule has 2 heterocycles. The fourth-order valence-corrected chi connectivity index (χ4v) is 4.87. The van der Waals surface area contributed by atoms with Crippen LogP contribution in [-0.2, 0) is 6.42 Å². The van der Waals surface area contributed by atoms with E-state index >= 15 is 0 Å². The Balaban J connectivity index is 1.58. The molecule has 5 nitrogen and oxygen atoms in total. The average Bonchev–Trinajstić information content (AvgIpc) is 3.33. The molecule has 0 saturated carbocycles. The normalized spacial score (nSPS) is 18.8. The van der Waals surface area contributed by atoms with Gasteiger partial charge in [-0.15, -0.1) is 0 Å². The first-order valence-corrected chi connectivity index (χ1v) is 11.6. The van der Waals surface area contributed by atoms with Gasteiger partial charge in [-0.2, -0.15) is 0 Å². The van der Waals surface area contributed by atoms with Crippen LogP contribution in [0.2, 0.25) is 0 Å². The lowest BCUT2D eigenvalue weighted by Gasteiger charge is -2.38. The first-order valence-electron chi connectivity index (χ1n) is 11.6. The van der Waals surface area contributed by atoms with Crippen molar-refractivity contribution in [2.45, 2.75) is 39.2 Å². The summed E-state index contributed by atoms with van der Waals surface area (Å²) in [5.41, 5.74) is 3.74. The highest BCUT2D eigenvalue weighted by atomic mass is 16.2. The fourth-order valence-electron chi connectivity index (χ4n) is 4.87. The zero-order valence-corrected chi connectivity index (χ0v) is 18.7. The van der Waals surface area contributed by atoms with Crippen molar-refractivity contribution in [1.82, 2.24) is 14.7 Å². The minimum absolute atomic E-state index is 0.00242. The molecule has 2 amide bonds. The number of carbonyl (C=O) groups is 2. The van der Waals surface area contributed by atoms with Crippen molar-refractivity contribution in [2.24, 2.45) is 0 Å². The van der Waals surface area contributed by atoms with E-state index in [0.717, 1.165) is 49.3 Å². The fraction of sp³-hybridized carbons (Fsp3) is 0.462. The van der Waals surface area contributed by atoms with Crippen LogP contribution in [0.5, 0.6) is 0 Å². The number of likely N-dealkylation sites (tertiary alicyclic amines) is 1. The second-order valence-corrected chi connectivity index (χ2v) is 8.52. The monoisotopic (exact) mass is 419 g/mol.